The number of para-hydroxylation sites is 1. The van der Waals surface area contributed by atoms with Crippen LogP contribution in [0.15, 0.2) is 59.1 Å². The number of hydrazine groups is 1. The third kappa shape index (κ3) is 3.83. The highest BCUT2D eigenvalue weighted by atomic mass is 79.9. The number of amides is 1. The van der Waals surface area contributed by atoms with Gasteiger partial charge in [-0.25, -0.2) is 0 Å². The van der Waals surface area contributed by atoms with E-state index >= 15 is 0 Å². The van der Waals surface area contributed by atoms with Crippen LogP contribution in [0.5, 0.6) is 0 Å². The van der Waals surface area contributed by atoms with Gasteiger partial charge in [0.15, 0.2) is 0 Å². The summed E-state index contributed by atoms with van der Waals surface area (Å²) in [5.74, 6) is -0.0433. The number of halogens is 1. The third-order valence-corrected chi connectivity index (χ3v) is 3.52. The van der Waals surface area contributed by atoms with Crippen molar-refractivity contribution < 1.29 is 4.79 Å². The molecule has 1 N–H and O–H groups in total. The van der Waals surface area contributed by atoms with Gasteiger partial charge in [0.05, 0.1) is 12.1 Å². The van der Waals surface area contributed by atoms with E-state index < -0.39 is 0 Å². The number of benzene rings is 2. The van der Waals surface area contributed by atoms with E-state index in [2.05, 4.69) is 21.4 Å². The Labute approximate surface area is 121 Å². The van der Waals surface area contributed by atoms with E-state index in [0.29, 0.717) is 6.42 Å². The second kappa shape index (κ2) is 6.38. The van der Waals surface area contributed by atoms with E-state index in [0.717, 1.165) is 15.7 Å². The smallest absolute Gasteiger partial charge is 0.242 e. The molecule has 0 fully saturated rings. The normalized spacial score (nSPS) is 10.0. The summed E-state index contributed by atoms with van der Waals surface area (Å²) in [5.41, 5.74) is 4.77. The second-order valence-corrected chi connectivity index (χ2v) is 5.05. The topological polar surface area (TPSA) is 32.3 Å². The molecule has 0 spiro atoms. The van der Waals surface area contributed by atoms with Crippen molar-refractivity contribution >= 4 is 27.5 Å². The molecule has 2 rings (SSSR count). The zero-order valence-corrected chi connectivity index (χ0v) is 12.2. The van der Waals surface area contributed by atoms with Crippen molar-refractivity contribution in [1.29, 1.82) is 0 Å². The first-order chi connectivity index (χ1) is 9.16. The van der Waals surface area contributed by atoms with Crippen molar-refractivity contribution in [1.82, 2.24) is 5.43 Å². The van der Waals surface area contributed by atoms with Crippen LogP contribution >= 0.6 is 15.9 Å². The van der Waals surface area contributed by atoms with E-state index in [-0.39, 0.29) is 5.91 Å². The Kier molecular flexibility index (Phi) is 4.58. The van der Waals surface area contributed by atoms with Gasteiger partial charge < -0.3 is 0 Å². The summed E-state index contributed by atoms with van der Waals surface area (Å²) < 4.78 is 0.951. The summed E-state index contributed by atoms with van der Waals surface area (Å²) in [6.45, 7) is 0. The van der Waals surface area contributed by atoms with Gasteiger partial charge in [-0.15, -0.1) is 0 Å². The van der Waals surface area contributed by atoms with Crippen LogP contribution in [-0.2, 0) is 11.2 Å². The fraction of sp³-hybridized carbons (Fsp3) is 0.133. The maximum absolute atomic E-state index is 12.0. The average molecular weight is 319 g/mol. The Morgan fingerprint density at radius 1 is 1.11 bits per heavy atom. The van der Waals surface area contributed by atoms with Crippen molar-refractivity contribution in [2.45, 2.75) is 6.42 Å². The van der Waals surface area contributed by atoms with Crippen LogP contribution in [0.4, 0.5) is 5.69 Å². The lowest BCUT2D eigenvalue weighted by molar-refractivity contribution is -0.120. The molecular weight excluding hydrogens is 304 g/mol. The molecule has 0 heterocycles. The molecule has 0 atom stereocenters. The van der Waals surface area contributed by atoms with Crippen LogP contribution in [0.3, 0.4) is 0 Å². The molecule has 2 aromatic carbocycles. The number of rotatable bonds is 4. The molecule has 0 saturated heterocycles. The van der Waals surface area contributed by atoms with E-state index in [9.17, 15) is 4.79 Å². The zero-order valence-electron chi connectivity index (χ0n) is 10.6. The largest absolute Gasteiger partial charge is 0.289 e. The maximum atomic E-state index is 12.0. The van der Waals surface area contributed by atoms with Crippen molar-refractivity contribution in [3.63, 3.8) is 0 Å². The first-order valence-electron chi connectivity index (χ1n) is 5.98. The number of nitrogens with zero attached hydrogens (tertiary/aromatic N) is 1. The molecule has 19 heavy (non-hydrogen) atoms. The number of nitrogens with one attached hydrogen (secondary N) is 1. The van der Waals surface area contributed by atoms with Crippen LogP contribution in [0.25, 0.3) is 0 Å². The van der Waals surface area contributed by atoms with Crippen LogP contribution in [0.2, 0.25) is 0 Å². The monoisotopic (exact) mass is 318 g/mol. The number of carbonyl (C=O) groups is 1. The molecule has 0 aliphatic rings. The van der Waals surface area contributed by atoms with Gasteiger partial charge in [0.25, 0.3) is 0 Å². The summed E-state index contributed by atoms with van der Waals surface area (Å²) in [4.78, 5) is 12.0. The van der Waals surface area contributed by atoms with Crippen LogP contribution < -0.4 is 10.4 Å². The Bertz CT molecular complexity index is 557. The van der Waals surface area contributed by atoms with Crippen molar-refractivity contribution in [3.8, 4) is 0 Å². The predicted molar refractivity (Wildman–Crippen MR) is 80.8 cm³/mol. The minimum absolute atomic E-state index is 0.0433. The molecule has 2 aromatic rings. The van der Waals surface area contributed by atoms with Gasteiger partial charge in [-0.05, 0) is 23.8 Å². The molecule has 3 nitrogen and oxygen atoms in total. The molecule has 1 amide bonds. The zero-order chi connectivity index (χ0) is 13.7. The highest BCUT2D eigenvalue weighted by Gasteiger charge is 2.08. The third-order valence-electron chi connectivity index (χ3n) is 2.74. The molecule has 0 bridgehead atoms. The first kappa shape index (κ1) is 13.6. The fourth-order valence-corrected chi connectivity index (χ4v) is 2.18. The number of hydrogen-bond acceptors (Lipinski definition) is 2. The average Bonchev–Trinajstić information content (AvgIpc) is 2.42. The number of anilines is 1. The highest BCUT2D eigenvalue weighted by molar-refractivity contribution is 9.10. The molecule has 0 radical (unpaired) electrons. The van der Waals surface area contributed by atoms with E-state index in [1.807, 2.05) is 61.6 Å². The Morgan fingerprint density at radius 2 is 1.74 bits per heavy atom. The van der Waals surface area contributed by atoms with Crippen molar-refractivity contribution in [2.75, 3.05) is 12.1 Å². The highest BCUT2D eigenvalue weighted by Crippen LogP contribution is 2.16. The Balaban J connectivity index is 1.97. The Morgan fingerprint density at radius 3 is 2.42 bits per heavy atom. The minimum Gasteiger partial charge on any atom is -0.289 e. The molecule has 0 aliphatic heterocycles. The fourth-order valence-electron chi connectivity index (χ4n) is 1.76. The van der Waals surface area contributed by atoms with E-state index in [1.54, 1.807) is 5.01 Å². The predicted octanol–water partition coefficient (Wildman–Crippen LogP) is 3.16. The SMILES string of the molecule is CN(NC(=O)Cc1ccccc1Br)c1ccccc1. The van der Waals surface area contributed by atoms with Crippen molar-refractivity contribution in [3.05, 3.63) is 64.6 Å². The Hall–Kier alpha value is -1.81. The molecule has 98 valence electrons. The van der Waals surface area contributed by atoms with Gasteiger partial charge in [-0.2, -0.15) is 0 Å². The number of hydrogen-bond donors (Lipinski definition) is 1. The van der Waals surface area contributed by atoms with Gasteiger partial charge >= 0.3 is 0 Å². The van der Waals surface area contributed by atoms with E-state index in [1.165, 1.54) is 0 Å². The number of carbonyl (C=O) groups excluding carboxylic acids is 1. The van der Waals surface area contributed by atoms with Gasteiger partial charge in [-0.3, -0.25) is 15.2 Å². The van der Waals surface area contributed by atoms with Gasteiger partial charge in [0, 0.05) is 11.5 Å². The standard InChI is InChI=1S/C15H15BrN2O/c1-18(13-8-3-2-4-9-13)17-15(19)11-12-7-5-6-10-14(12)16/h2-10H,11H2,1H3,(H,17,19). The van der Waals surface area contributed by atoms with Crippen LogP contribution in [0, 0.1) is 0 Å². The van der Waals surface area contributed by atoms with Gasteiger partial charge in [0.2, 0.25) is 5.91 Å². The minimum atomic E-state index is -0.0433. The van der Waals surface area contributed by atoms with Gasteiger partial charge in [0.1, 0.15) is 0 Å². The van der Waals surface area contributed by atoms with Gasteiger partial charge in [-0.1, -0.05) is 52.3 Å². The summed E-state index contributed by atoms with van der Waals surface area (Å²) in [5, 5.41) is 1.72. The molecule has 4 heteroatoms. The van der Waals surface area contributed by atoms with Crippen LogP contribution in [0.1, 0.15) is 5.56 Å². The summed E-state index contributed by atoms with van der Waals surface area (Å²) in [7, 11) is 1.83. The lowest BCUT2D eigenvalue weighted by Crippen LogP contribution is -2.40. The quantitative estimate of drug-likeness (QED) is 0.878. The first-order valence-corrected chi connectivity index (χ1v) is 6.78. The lowest BCUT2D eigenvalue weighted by Gasteiger charge is -2.20. The van der Waals surface area contributed by atoms with E-state index in [4.69, 9.17) is 0 Å². The summed E-state index contributed by atoms with van der Waals surface area (Å²) in [6.07, 6.45) is 0.346. The maximum Gasteiger partial charge on any atom is 0.242 e. The van der Waals surface area contributed by atoms with Crippen LogP contribution in [-0.4, -0.2) is 13.0 Å². The lowest BCUT2D eigenvalue weighted by atomic mass is 10.1. The molecule has 0 saturated carbocycles. The molecule has 0 aliphatic carbocycles. The molecule has 0 unspecified atom stereocenters. The van der Waals surface area contributed by atoms with Crippen molar-refractivity contribution in [2.24, 2.45) is 0 Å². The summed E-state index contributed by atoms with van der Waals surface area (Å²) >= 11 is 3.44. The second-order valence-electron chi connectivity index (χ2n) is 4.20. The molecular formula is C15H15BrN2O. The molecule has 0 aromatic heterocycles. The summed E-state index contributed by atoms with van der Waals surface area (Å²) in [6, 6.07) is 17.4.